The van der Waals surface area contributed by atoms with Crippen LogP contribution in [0.1, 0.15) is 64.2 Å². The Hall–Kier alpha value is -0.500. The van der Waals surface area contributed by atoms with Crippen molar-refractivity contribution in [1.82, 2.24) is 0 Å². The molecule has 186 valence electrons. The fourth-order valence-corrected chi connectivity index (χ4v) is 9.82. The van der Waals surface area contributed by atoms with Crippen molar-refractivity contribution in [1.29, 1.82) is 0 Å². The minimum atomic E-state index is -0.137. The van der Waals surface area contributed by atoms with Gasteiger partial charge in [0.05, 0.1) is 0 Å². The van der Waals surface area contributed by atoms with Gasteiger partial charge in [0.2, 0.25) is 0 Å². The molecule has 2 fully saturated rings. The molecule has 0 aliphatic heterocycles. The van der Waals surface area contributed by atoms with Gasteiger partial charge in [0.25, 0.3) is 0 Å². The van der Waals surface area contributed by atoms with E-state index in [4.69, 9.17) is 0 Å². The Balaban J connectivity index is 0.00000149. The van der Waals surface area contributed by atoms with Crippen molar-refractivity contribution in [2.75, 3.05) is 38.0 Å². The van der Waals surface area contributed by atoms with Crippen molar-refractivity contribution in [2.45, 2.75) is 75.5 Å². The number of halogens is 1. The number of rotatable bonds is 6. The molecule has 0 unspecified atom stereocenters. The van der Waals surface area contributed by atoms with Gasteiger partial charge in [0.1, 0.15) is 0 Å². The summed E-state index contributed by atoms with van der Waals surface area (Å²) in [6.07, 6.45) is 14.5. The molecule has 5 heteroatoms. The van der Waals surface area contributed by atoms with Crippen LogP contribution in [0.25, 0.3) is 11.1 Å². The van der Waals surface area contributed by atoms with Gasteiger partial charge in [0.15, 0.2) is 0 Å². The zero-order valence-electron chi connectivity index (χ0n) is 20.8. The quantitative estimate of drug-likeness (QED) is 0.228. The molecule has 0 amide bonds. The van der Waals surface area contributed by atoms with E-state index in [1.807, 2.05) is 0 Å². The minimum absolute atomic E-state index is 0.137. The van der Waals surface area contributed by atoms with E-state index in [1.54, 1.807) is 25.3 Å². The Morgan fingerprint density at radius 3 is 1.58 bits per heavy atom. The van der Waals surface area contributed by atoms with E-state index in [-0.39, 0.29) is 7.92 Å². The topological polar surface area (TPSA) is 6.48 Å². The summed E-state index contributed by atoms with van der Waals surface area (Å²) in [7, 11) is 13.2. The zero-order chi connectivity index (χ0) is 23.8. The predicted molar refractivity (Wildman–Crippen MR) is 147 cm³/mol. The molecular weight excluding hydrogens is 628 g/mol. The van der Waals surface area contributed by atoms with Crippen molar-refractivity contribution < 1.29 is 20.0 Å². The standard InChI is InChI=1S/C28H41N2P.Au.ClH/c1-29(2)25-19-13-20-26(30(3)4)28(25)24-18-11-12-21-27(24)31(22-14-7-5-8-15-22)23-16-9-6-10-17-23;;/h11-13,18-23H,5-10,14-17H2,1-4H3;;1H/q;+1;/p-1. The van der Waals surface area contributed by atoms with Crippen LogP contribution in [-0.4, -0.2) is 39.5 Å². The molecule has 2 aromatic rings. The molecule has 0 spiro atoms. The monoisotopic (exact) mass is 668 g/mol. The van der Waals surface area contributed by atoms with Crippen LogP contribution in [0.4, 0.5) is 11.4 Å². The maximum atomic E-state index is 4.58. The Morgan fingerprint density at radius 2 is 1.12 bits per heavy atom. The second-order valence-corrected chi connectivity index (χ2v) is 12.7. The van der Waals surface area contributed by atoms with Crippen LogP contribution in [0.15, 0.2) is 42.5 Å². The number of nitrogens with zero attached hydrogens (tertiary/aromatic N) is 2. The van der Waals surface area contributed by atoms with E-state index in [9.17, 15) is 0 Å². The summed E-state index contributed by atoms with van der Waals surface area (Å²) >= 11 is 1.75. The van der Waals surface area contributed by atoms with E-state index < -0.39 is 0 Å². The van der Waals surface area contributed by atoms with Crippen LogP contribution >= 0.6 is 17.1 Å². The fraction of sp³-hybridized carbons (Fsp3) is 0.571. The Bertz CT molecular complexity index is 816. The van der Waals surface area contributed by atoms with Crippen molar-refractivity contribution in [3.63, 3.8) is 0 Å². The first-order valence-corrected chi connectivity index (χ1v) is 16.7. The summed E-state index contributed by atoms with van der Waals surface area (Å²) in [5.74, 6) is 0. The van der Waals surface area contributed by atoms with Crippen LogP contribution in [-0.2, 0) is 20.0 Å². The van der Waals surface area contributed by atoms with Crippen LogP contribution in [0.3, 0.4) is 0 Å². The van der Waals surface area contributed by atoms with Crippen molar-refractivity contribution >= 4 is 33.8 Å². The molecule has 0 heterocycles. The van der Waals surface area contributed by atoms with Crippen molar-refractivity contribution in [3.05, 3.63) is 42.5 Å². The van der Waals surface area contributed by atoms with Crippen LogP contribution in [0.2, 0.25) is 0 Å². The van der Waals surface area contributed by atoms with E-state index in [0.717, 1.165) is 11.3 Å². The summed E-state index contributed by atoms with van der Waals surface area (Å²) in [5, 5.41) is 1.69. The summed E-state index contributed by atoms with van der Waals surface area (Å²) in [4.78, 5) is 4.59. The van der Waals surface area contributed by atoms with Gasteiger partial charge in [-0.05, 0) is 60.0 Å². The Morgan fingerprint density at radius 1 is 0.667 bits per heavy atom. The van der Waals surface area contributed by atoms with Gasteiger partial charge < -0.3 is 9.80 Å². The molecule has 2 nitrogen and oxygen atoms in total. The molecule has 0 bridgehead atoms. The number of hydrogen-bond acceptors (Lipinski definition) is 2. The van der Waals surface area contributed by atoms with Crippen LogP contribution in [0.5, 0.6) is 0 Å². The predicted octanol–water partition coefficient (Wildman–Crippen LogP) is 7.95. The summed E-state index contributed by atoms with van der Waals surface area (Å²) in [5.41, 5.74) is 7.43. The van der Waals surface area contributed by atoms with Gasteiger partial charge in [-0.25, -0.2) is 0 Å². The Labute approximate surface area is 220 Å². The number of hydrogen-bond donors (Lipinski definition) is 0. The first-order chi connectivity index (χ1) is 16.1. The average Bonchev–Trinajstić information content (AvgIpc) is 2.86. The van der Waals surface area contributed by atoms with E-state index in [2.05, 4.69) is 89.6 Å². The van der Waals surface area contributed by atoms with Gasteiger partial charge >= 0.3 is 29.2 Å². The summed E-state index contributed by atoms with van der Waals surface area (Å²) < 4.78 is 0. The molecule has 2 aliphatic rings. The number of benzene rings is 2. The zero-order valence-corrected chi connectivity index (χ0v) is 24.6. The first kappa shape index (κ1) is 27.1. The first-order valence-electron chi connectivity index (χ1n) is 12.5. The van der Waals surface area contributed by atoms with Gasteiger partial charge in [-0.2, -0.15) is 0 Å². The molecule has 0 atom stereocenters. The van der Waals surface area contributed by atoms with Crippen molar-refractivity contribution in [3.8, 4) is 11.1 Å². The molecule has 33 heavy (non-hydrogen) atoms. The molecule has 0 saturated heterocycles. The second-order valence-electron chi connectivity index (χ2n) is 9.97. The average molecular weight is 669 g/mol. The van der Waals surface area contributed by atoms with Crippen LogP contribution in [0, 0.1) is 0 Å². The van der Waals surface area contributed by atoms with E-state index in [0.29, 0.717) is 0 Å². The molecular formula is C28H41AuClN2P. The van der Waals surface area contributed by atoms with Gasteiger partial charge in [-0.1, -0.05) is 76.8 Å². The van der Waals surface area contributed by atoms with Crippen LogP contribution < -0.4 is 15.1 Å². The van der Waals surface area contributed by atoms with Gasteiger partial charge in [0, 0.05) is 45.1 Å². The van der Waals surface area contributed by atoms with E-state index >= 15 is 0 Å². The SMILES string of the molecule is CN(C)c1cccc(N(C)C)c1-c1ccccc1P(C1CCCCC1)C1CCCCC1.[Cl][Au]. The maximum absolute atomic E-state index is 4.58. The third-order valence-corrected chi connectivity index (χ3v) is 10.9. The van der Waals surface area contributed by atoms with Gasteiger partial charge in [-0.3, -0.25) is 0 Å². The number of anilines is 2. The third-order valence-electron chi connectivity index (χ3n) is 7.37. The molecule has 2 aromatic carbocycles. The molecule has 0 aromatic heterocycles. The fourth-order valence-electron chi connectivity index (χ4n) is 5.87. The third kappa shape index (κ3) is 6.59. The van der Waals surface area contributed by atoms with E-state index in [1.165, 1.54) is 86.7 Å². The summed E-state index contributed by atoms with van der Waals surface area (Å²) in [6, 6.07) is 16.3. The molecule has 0 N–H and O–H groups in total. The van der Waals surface area contributed by atoms with Crippen molar-refractivity contribution in [2.24, 2.45) is 0 Å². The molecule has 0 radical (unpaired) electrons. The molecule has 2 saturated carbocycles. The molecule has 2 aliphatic carbocycles. The summed E-state index contributed by atoms with van der Waals surface area (Å²) in [6.45, 7) is 0. The Kier molecular flexibility index (Phi) is 11.1. The normalized spacial score (nSPS) is 17.5. The second kappa shape index (κ2) is 13.6. The molecule has 4 rings (SSSR count). The van der Waals surface area contributed by atoms with Gasteiger partial charge in [-0.15, -0.1) is 0 Å².